The van der Waals surface area contributed by atoms with Crippen molar-refractivity contribution in [2.24, 2.45) is 0 Å². The number of aryl methyl sites for hydroxylation is 2. The van der Waals surface area contributed by atoms with Crippen molar-refractivity contribution in [3.8, 4) is 5.75 Å². The van der Waals surface area contributed by atoms with E-state index in [0.717, 1.165) is 12.3 Å². The second-order valence-electron chi connectivity index (χ2n) is 4.31. The summed E-state index contributed by atoms with van der Waals surface area (Å²) < 4.78 is 7.71. The van der Waals surface area contributed by atoms with E-state index in [1.165, 1.54) is 11.1 Å². The van der Waals surface area contributed by atoms with E-state index in [2.05, 4.69) is 37.0 Å². The number of benzene rings is 1. The Balaban J connectivity index is 1.79. The third-order valence-corrected chi connectivity index (χ3v) is 2.71. The molecule has 0 bridgehead atoms. The monoisotopic (exact) mass is 242 g/mol. The van der Waals surface area contributed by atoms with E-state index in [-0.39, 0.29) is 0 Å². The Bertz CT molecular complexity index is 515. The Morgan fingerprint density at radius 2 is 2.17 bits per heavy atom. The topological polar surface area (TPSA) is 27.1 Å². The standard InChI is InChI=1S/C15H18N2O/c1-13-5-6-15(14(2)11-13)18-10-4-3-8-17-9-7-16-12-17/h3-7,9,11-12H,8,10H2,1-2H3/b4-3+. The van der Waals surface area contributed by atoms with E-state index < -0.39 is 0 Å². The van der Waals surface area contributed by atoms with Gasteiger partial charge in [-0.25, -0.2) is 4.98 Å². The molecule has 0 amide bonds. The first-order valence-electron chi connectivity index (χ1n) is 6.06. The predicted octanol–water partition coefficient (Wildman–Crippen LogP) is 3.14. The van der Waals surface area contributed by atoms with Crippen LogP contribution in [-0.2, 0) is 6.54 Å². The van der Waals surface area contributed by atoms with Crippen LogP contribution in [0.15, 0.2) is 49.1 Å². The lowest BCUT2D eigenvalue weighted by Crippen LogP contribution is -1.97. The van der Waals surface area contributed by atoms with Crippen LogP contribution in [0.5, 0.6) is 5.75 Å². The summed E-state index contributed by atoms with van der Waals surface area (Å²) in [6, 6.07) is 6.22. The Kier molecular flexibility index (Phi) is 4.18. The zero-order chi connectivity index (χ0) is 12.8. The molecule has 2 aromatic rings. The van der Waals surface area contributed by atoms with Crippen molar-refractivity contribution in [3.05, 3.63) is 60.2 Å². The minimum atomic E-state index is 0.596. The lowest BCUT2D eigenvalue weighted by Gasteiger charge is -2.07. The molecule has 0 unspecified atom stereocenters. The summed E-state index contributed by atoms with van der Waals surface area (Å²) in [7, 11) is 0. The van der Waals surface area contributed by atoms with Gasteiger partial charge in [0, 0.05) is 18.9 Å². The predicted molar refractivity (Wildman–Crippen MR) is 72.8 cm³/mol. The third-order valence-electron chi connectivity index (χ3n) is 2.71. The van der Waals surface area contributed by atoms with Gasteiger partial charge in [0.25, 0.3) is 0 Å². The van der Waals surface area contributed by atoms with Crippen LogP contribution in [0.4, 0.5) is 0 Å². The smallest absolute Gasteiger partial charge is 0.122 e. The first-order chi connectivity index (χ1) is 8.75. The second kappa shape index (κ2) is 6.05. The molecule has 0 atom stereocenters. The summed E-state index contributed by atoms with van der Waals surface area (Å²) in [4.78, 5) is 3.99. The molecule has 0 saturated heterocycles. The van der Waals surface area contributed by atoms with Gasteiger partial charge < -0.3 is 9.30 Å². The summed E-state index contributed by atoms with van der Waals surface area (Å²) in [5.41, 5.74) is 2.44. The summed E-state index contributed by atoms with van der Waals surface area (Å²) >= 11 is 0. The molecule has 1 aromatic carbocycles. The van der Waals surface area contributed by atoms with Crippen LogP contribution in [0.3, 0.4) is 0 Å². The highest BCUT2D eigenvalue weighted by Gasteiger charge is 1.97. The highest BCUT2D eigenvalue weighted by atomic mass is 16.5. The molecule has 0 aliphatic carbocycles. The number of nitrogens with zero attached hydrogens (tertiary/aromatic N) is 2. The van der Waals surface area contributed by atoms with E-state index in [9.17, 15) is 0 Å². The molecule has 0 aliphatic rings. The van der Waals surface area contributed by atoms with Gasteiger partial charge in [0.2, 0.25) is 0 Å². The number of hydrogen-bond acceptors (Lipinski definition) is 2. The average Bonchev–Trinajstić information content (AvgIpc) is 2.84. The maximum Gasteiger partial charge on any atom is 0.122 e. The van der Waals surface area contributed by atoms with Crippen LogP contribution >= 0.6 is 0 Å². The Hall–Kier alpha value is -2.03. The number of imidazole rings is 1. The molecule has 0 fully saturated rings. The molecule has 2 rings (SSSR count). The molecule has 0 saturated carbocycles. The van der Waals surface area contributed by atoms with Crippen molar-refractivity contribution in [3.63, 3.8) is 0 Å². The first-order valence-corrected chi connectivity index (χ1v) is 6.06. The fourth-order valence-corrected chi connectivity index (χ4v) is 1.76. The molecule has 1 aromatic heterocycles. The Morgan fingerprint density at radius 1 is 1.28 bits per heavy atom. The van der Waals surface area contributed by atoms with Crippen molar-refractivity contribution in [1.29, 1.82) is 0 Å². The van der Waals surface area contributed by atoms with Crippen LogP contribution in [0.25, 0.3) is 0 Å². The summed E-state index contributed by atoms with van der Waals surface area (Å²) in [5.74, 6) is 0.952. The van der Waals surface area contributed by atoms with Crippen molar-refractivity contribution in [2.75, 3.05) is 6.61 Å². The van der Waals surface area contributed by atoms with Crippen LogP contribution in [0, 0.1) is 13.8 Å². The van der Waals surface area contributed by atoms with Gasteiger partial charge in [-0.05, 0) is 31.6 Å². The molecule has 1 heterocycles. The third kappa shape index (κ3) is 3.48. The largest absolute Gasteiger partial charge is 0.489 e. The maximum absolute atomic E-state index is 5.70. The molecule has 3 nitrogen and oxygen atoms in total. The van der Waals surface area contributed by atoms with Gasteiger partial charge in [0.15, 0.2) is 0 Å². The number of ether oxygens (including phenoxy) is 1. The van der Waals surface area contributed by atoms with Gasteiger partial charge in [-0.15, -0.1) is 0 Å². The molecule has 94 valence electrons. The van der Waals surface area contributed by atoms with Crippen molar-refractivity contribution in [2.45, 2.75) is 20.4 Å². The van der Waals surface area contributed by atoms with Gasteiger partial charge in [-0.3, -0.25) is 0 Å². The molecular weight excluding hydrogens is 224 g/mol. The van der Waals surface area contributed by atoms with Crippen molar-refractivity contribution in [1.82, 2.24) is 9.55 Å². The van der Waals surface area contributed by atoms with Gasteiger partial charge in [0.1, 0.15) is 12.4 Å². The number of aromatic nitrogens is 2. The van der Waals surface area contributed by atoms with E-state index in [1.807, 2.05) is 22.9 Å². The molecule has 18 heavy (non-hydrogen) atoms. The SMILES string of the molecule is Cc1ccc(OC/C=C/Cn2ccnc2)c(C)c1. The Morgan fingerprint density at radius 3 is 2.89 bits per heavy atom. The van der Waals surface area contributed by atoms with Crippen LogP contribution in [0.2, 0.25) is 0 Å². The van der Waals surface area contributed by atoms with Crippen molar-refractivity contribution >= 4 is 0 Å². The highest BCUT2D eigenvalue weighted by Crippen LogP contribution is 2.18. The van der Waals surface area contributed by atoms with Crippen LogP contribution < -0.4 is 4.74 Å². The fourth-order valence-electron chi connectivity index (χ4n) is 1.76. The second-order valence-corrected chi connectivity index (χ2v) is 4.31. The minimum absolute atomic E-state index is 0.596. The number of rotatable bonds is 5. The normalized spacial score (nSPS) is 11.0. The van der Waals surface area contributed by atoms with E-state index in [1.54, 1.807) is 12.5 Å². The van der Waals surface area contributed by atoms with E-state index >= 15 is 0 Å². The number of allylic oxidation sites excluding steroid dienone is 1. The van der Waals surface area contributed by atoms with Gasteiger partial charge >= 0.3 is 0 Å². The lowest BCUT2D eigenvalue weighted by molar-refractivity contribution is 0.359. The van der Waals surface area contributed by atoms with E-state index in [0.29, 0.717) is 6.61 Å². The van der Waals surface area contributed by atoms with Gasteiger partial charge in [-0.1, -0.05) is 23.8 Å². The summed E-state index contributed by atoms with van der Waals surface area (Å²) in [5, 5.41) is 0. The van der Waals surface area contributed by atoms with Gasteiger partial charge in [-0.2, -0.15) is 0 Å². The molecule has 0 radical (unpaired) electrons. The van der Waals surface area contributed by atoms with Crippen LogP contribution in [-0.4, -0.2) is 16.2 Å². The molecular formula is C15H18N2O. The van der Waals surface area contributed by atoms with Gasteiger partial charge in [0.05, 0.1) is 6.33 Å². The number of hydrogen-bond donors (Lipinski definition) is 0. The van der Waals surface area contributed by atoms with Crippen LogP contribution in [0.1, 0.15) is 11.1 Å². The molecule has 0 N–H and O–H groups in total. The maximum atomic E-state index is 5.70. The fraction of sp³-hybridized carbons (Fsp3) is 0.267. The minimum Gasteiger partial charge on any atom is -0.489 e. The van der Waals surface area contributed by atoms with E-state index in [4.69, 9.17) is 4.74 Å². The first kappa shape index (κ1) is 12.4. The zero-order valence-electron chi connectivity index (χ0n) is 10.8. The average molecular weight is 242 g/mol. The molecule has 0 aliphatic heterocycles. The molecule has 3 heteroatoms. The molecule has 0 spiro atoms. The Labute approximate surface area is 108 Å². The zero-order valence-corrected chi connectivity index (χ0v) is 10.8. The summed E-state index contributed by atoms with van der Waals surface area (Å²) in [6.45, 7) is 5.58. The van der Waals surface area contributed by atoms with Crippen molar-refractivity contribution < 1.29 is 4.74 Å². The quantitative estimate of drug-likeness (QED) is 0.753. The lowest BCUT2D eigenvalue weighted by atomic mass is 10.1. The summed E-state index contributed by atoms with van der Waals surface area (Å²) in [6.07, 6.45) is 9.62. The highest BCUT2D eigenvalue weighted by molar-refractivity contribution is 5.35.